The average molecular weight is 197 g/mol. The van der Waals surface area contributed by atoms with E-state index in [4.69, 9.17) is 0 Å². The molecule has 13 heavy (non-hydrogen) atoms. The number of hydrogen-bond acceptors (Lipinski definition) is 4. The first-order chi connectivity index (χ1) is 6.27. The van der Waals surface area contributed by atoms with E-state index in [1.165, 1.54) is 12.8 Å². The minimum atomic E-state index is -0.0283. The number of nitrogens with one attached hydrogen (secondary N) is 1. The van der Waals surface area contributed by atoms with Crippen molar-refractivity contribution < 1.29 is 4.79 Å². The Balaban J connectivity index is 1.92. The first-order valence-corrected chi connectivity index (χ1v) is 5.12. The maximum absolute atomic E-state index is 11.5. The highest BCUT2D eigenvalue weighted by Crippen LogP contribution is 2.27. The van der Waals surface area contributed by atoms with Gasteiger partial charge in [0.2, 0.25) is 0 Å². The highest BCUT2D eigenvalue weighted by molar-refractivity contribution is 7.07. The van der Waals surface area contributed by atoms with Gasteiger partial charge in [0.05, 0.1) is 5.69 Å². The van der Waals surface area contributed by atoms with Gasteiger partial charge in [-0.1, -0.05) is 4.49 Å². The SMILES string of the molecule is Cc1nnsc1C(=O)NCC1CC1. The van der Waals surface area contributed by atoms with E-state index in [-0.39, 0.29) is 5.91 Å². The van der Waals surface area contributed by atoms with Crippen molar-refractivity contribution in [2.75, 3.05) is 6.54 Å². The van der Waals surface area contributed by atoms with Gasteiger partial charge in [-0.3, -0.25) is 4.79 Å². The Hall–Kier alpha value is -0.970. The van der Waals surface area contributed by atoms with E-state index in [2.05, 4.69) is 14.9 Å². The Kier molecular flexibility index (Phi) is 2.26. The number of amides is 1. The van der Waals surface area contributed by atoms with Gasteiger partial charge >= 0.3 is 0 Å². The number of nitrogens with zero attached hydrogens (tertiary/aromatic N) is 2. The van der Waals surface area contributed by atoms with Crippen LogP contribution in [0.25, 0.3) is 0 Å². The number of carbonyl (C=O) groups excluding carboxylic acids is 1. The summed E-state index contributed by atoms with van der Waals surface area (Å²) < 4.78 is 3.72. The van der Waals surface area contributed by atoms with Crippen LogP contribution < -0.4 is 5.32 Å². The number of carbonyl (C=O) groups is 1. The standard InChI is InChI=1S/C8H11N3OS/c1-5-7(13-11-10-5)8(12)9-4-6-2-3-6/h6H,2-4H2,1H3,(H,9,12). The monoisotopic (exact) mass is 197 g/mol. The van der Waals surface area contributed by atoms with Crippen molar-refractivity contribution >= 4 is 17.4 Å². The first kappa shape index (κ1) is 8.62. The Morgan fingerprint density at radius 3 is 3.00 bits per heavy atom. The molecule has 5 heteroatoms. The summed E-state index contributed by atoms with van der Waals surface area (Å²) >= 11 is 1.16. The molecule has 4 nitrogen and oxygen atoms in total. The molecule has 1 aromatic rings. The summed E-state index contributed by atoms with van der Waals surface area (Å²) in [7, 11) is 0. The van der Waals surface area contributed by atoms with E-state index >= 15 is 0 Å². The maximum Gasteiger partial charge on any atom is 0.264 e. The van der Waals surface area contributed by atoms with Gasteiger partial charge in [-0.2, -0.15) is 0 Å². The third-order valence-electron chi connectivity index (χ3n) is 2.11. The molecule has 0 bridgehead atoms. The van der Waals surface area contributed by atoms with Crippen molar-refractivity contribution in [2.24, 2.45) is 5.92 Å². The second-order valence-electron chi connectivity index (χ2n) is 3.34. The van der Waals surface area contributed by atoms with Crippen LogP contribution in [-0.2, 0) is 0 Å². The lowest BCUT2D eigenvalue weighted by molar-refractivity contribution is 0.0955. The molecule has 1 N–H and O–H groups in total. The summed E-state index contributed by atoms with van der Waals surface area (Å²) in [5.41, 5.74) is 0.721. The molecule has 0 aliphatic heterocycles. The topological polar surface area (TPSA) is 54.9 Å². The summed E-state index contributed by atoms with van der Waals surface area (Å²) in [5.74, 6) is 0.685. The van der Waals surface area contributed by atoms with Gasteiger partial charge in [-0.05, 0) is 37.2 Å². The van der Waals surface area contributed by atoms with Crippen LogP contribution in [0, 0.1) is 12.8 Å². The number of rotatable bonds is 3. The highest BCUT2D eigenvalue weighted by atomic mass is 32.1. The molecule has 0 spiro atoms. The molecule has 1 saturated carbocycles. The molecular formula is C8H11N3OS. The normalized spacial score (nSPS) is 15.8. The van der Waals surface area contributed by atoms with E-state index < -0.39 is 0 Å². The van der Waals surface area contributed by atoms with Crippen LogP contribution in [0.1, 0.15) is 28.2 Å². The van der Waals surface area contributed by atoms with Crippen molar-refractivity contribution in [3.05, 3.63) is 10.6 Å². The lowest BCUT2D eigenvalue weighted by Crippen LogP contribution is -2.25. The van der Waals surface area contributed by atoms with E-state index in [0.717, 1.165) is 23.8 Å². The molecule has 1 heterocycles. The quantitative estimate of drug-likeness (QED) is 0.786. The first-order valence-electron chi connectivity index (χ1n) is 4.34. The zero-order chi connectivity index (χ0) is 9.26. The smallest absolute Gasteiger partial charge is 0.264 e. The number of aromatic nitrogens is 2. The minimum Gasteiger partial charge on any atom is -0.351 e. The van der Waals surface area contributed by atoms with Gasteiger partial charge in [-0.15, -0.1) is 5.10 Å². The molecule has 0 saturated heterocycles. The van der Waals surface area contributed by atoms with Crippen LogP contribution >= 0.6 is 11.5 Å². The second kappa shape index (κ2) is 3.41. The molecular weight excluding hydrogens is 186 g/mol. The van der Waals surface area contributed by atoms with Crippen LogP contribution in [0.3, 0.4) is 0 Å². The third-order valence-corrected chi connectivity index (χ3v) is 2.93. The van der Waals surface area contributed by atoms with Crippen molar-refractivity contribution in [1.29, 1.82) is 0 Å². The molecule has 1 aromatic heterocycles. The van der Waals surface area contributed by atoms with Crippen LogP contribution in [0.2, 0.25) is 0 Å². The molecule has 0 atom stereocenters. The molecule has 0 unspecified atom stereocenters. The molecule has 1 aliphatic rings. The van der Waals surface area contributed by atoms with Crippen LogP contribution in [0.4, 0.5) is 0 Å². The van der Waals surface area contributed by atoms with Gasteiger partial charge in [-0.25, -0.2) is 0 Å². The van der Waals surface area contributed by atoms with E-state index in [9.17, 15) is 4.79 Å². The summed E-state index contributed by atoms with van der Waals surface area (Å²) in [6, 6.07) is 0. The molecule has 1 amide bonds. The average Bonchev–Trinajstić information content (AvgIpc) is 2.84. The highest BCUT2D eigenvalue weighted by Gasteiger charge is 2.22. The summed E-state index contributed by atoms with van der Waals surface area (Å²) in [6.07, 6.45) is 2.50. The lowest BCUT2D eigenvalue weighted by Gasteiger charge is -2.00. The van der Waals surface area contributed by atoms with Crippen LogP contribution in [-0.4, -0.2) is 22.0 Å². The number of hydrogen-bond donors (Lipinski definition) is 1. The van der Waals surface area contributed by atoms with Gasteiger partial charge < -0.3 is 5.32 Å². The summed E-state index contributed by atoms with van der Waals surface area (Å²) in [6.45, 7) is 2.60. The van der Waals surface area contributed by atoms with Gasteiger partial charge in [0.25, 0.3) is 5.91 Å². The zero-order valence-electron chi connectivity index (χ0n) is 7.41. The molecule has 1 aliphatic carbocycles. The fourth-order valence-electron chi connectivity index (χ4n) is 1.08. The fourth-order valence-corrected chi connectivity index (χ4v) is 1.65. The minimum absolute atomic E-state index is 0.0283. The molecule has 70 valence electrons. The van der Waals surface area contributed by atoms with Gasteiger partial charge in [0, 0.05) is 6.54 Å². The molecule has 2 rings (SSSR count). The number of aryl methyl sites for hydroxylation is 1. The predicted molar refractivity (Wildman–Crippen MR) is 49.7 cm³/mol. The Bertz CT molecular complexity index is 319. The summed E-state index contributed by atoms with van der Waals surface area (Å²) in [4.78, 5) is 12.1. The lowest BCUT2D eigenvalue weighted by atomic mass is 10.3. The molecule has 0 aromatic carbocycles. The Labute approximate surface area is 80.5 Å². The van der Waals surface area contributed by atoms with E-state index in [1.54, 1.807) is 6.92 Å². The van der Waals surface area contributed by atoms with Crippen LogP contribution in [0.15, 0.2) is 0 Å². The van der Waals surface area contributed by atoms with Gasteiger partial charge in [0.15, 0.2) is 0 Å². The fraction of sp³-hybridized carbons (Fsp3) is 0.625. The van der Waals surface area contributed by atoms with Crippen LogP contribution in [0.5, 0.6) is 0 Å². The van der Waals surface area contributed by atoms with Crippen molar-refractivity contribution in [3.8, 4) is 0 Å². The Morgan fingerprint density at radius 1 is 1.69 bits per heavy atom. The Morgan fingerprint density at radius 2 is 2.46 bits per heavy atom. The van der Waals surface area contributed by atoms with Crippen molar-refractivity contribution in [2.45, 2.75) is 19.8 Å². The maximum atomic E-state index is 11.5. The van der Waals surface area contributed by atoms with Gasteiger partial charge in [0.1, 0.15) is 4.88 Å². The second-order valence-corrected chi connectivity index (χ2v) is 4.09. The third kappa shape index (κ3) is 2.03. The molecule has 0 radical (unpaired) electrons. The van der Waals surface area contributed by atoms with Crippen molar-refractivity contribution in [3.63, 3.8) is 0 Å². The largest absolute Gasteiger partial charge is 0.351 e. The summed E-state index contributed by atoms with van der Waals surface area (Å²) in [5, 5.41) is 6.67. The predicted octanol–water partition coefficient (Wildman–Crippen LogP) is 0.986. The van der Waals surface area contributed by atoms with Crippen molar-refractivity contribution in [1.82, 2.24) is 14.9 Å². The molecule has 1 fully saturated rings. The van der Waals surface area contributed by atoms with E-state index in [1.807, 2.05) is 0 Å². The zero-order valence-corrected chi connectivity index (χ0v) is 8.23. The van der Waals surface area contributed by atoms with E-state index in [0.29, 0.717) is 10.8 Å².